The first-order valence-electron chi connectivity index (χ1n) is 20.2. The van der Waals surface area contributed by atoms with Crippen molar-refractivity contribution in [3.05, 3.63) is 41.4 Å². The summed E-state index contributed by atoms with van der Waals surface area (Å²) in [7, 11) is -3.79. The number of thioether (sulfide) groups is 1. The minimum absolute atomic E-state index is 0.204. The maximum absolute atomic E-state index is 12.7. The molecule has 1 saturated heterocycles. The third kappa shape index (κ3) is 19.4. The van der Waals surface area contributed by atoms with Crippen molar-refractivity contribution in [2.24, 2.45) is 5.92 Å². The van der Waals surface area contributed by atoms with Crippen molar-refractivity contribution in [1.82, 2.24) is 4.90 Å². The molecule has 49 heavy (non-hydrogen) atoms. The van der Waals surface area contributed by atoms with Crippen LogP contribution in [0.2, 0.25) is 0 Å². The zero-order valence-corrected chi connectivity index (χ0v) is 32.9. The van der Waals surface area contributed by atoms with E-state index in [2.05, 4.69) is 6.92 Å². The molecule has 0 radical (unpaired) electrons. The fraction of sp³-hybridized carbons (Fsp3) is 0.805. The first-order chi connectivity index (χ1) is 24.0. The molecule has 0 amide bonds. The third-order valence-electron chi connectivity index (χ3n) is 10.1. The normalized spacial score (nSPS) is 19.4. The van der Waals surface area contributed by atoms with Gasteiger partial charge in [-0.05, 0) is 56.1 Å². The second kappa shape index (κ2) is 26.7. The maximum Gasteiger partial charge on any atom is 0.299 e. The summed E-state index contributed by atoms with van der Waals surface area (Å²) in [5.41, 5.74) is 0.494. The smallest absolute Gasteiger partial charge is 0.299 e. The fourth-order valence-electron chi connectivity index (χ4n) is 6.95. The summed E-state index contributed by atoms with van der Waals surface area (Å²) in [5, 5.41) is 1.91. The highest BCUT2D eigenvalue weighted by Gasteiger charge is 2.28. The van der Waals surface area contributed by atoms with Gasteiger partial charge in [-0.2, -0.15) is 8.42 Å². The van der Waals surface area contributed by atoms with E-state index in [4.69, 9.17) is 13.7 Å². The molecular formula is C41H71NO5S2. The molecule has 8 heteroatoms. The van der Waals surface area contributed by atoms with Crippen LogP contribution < -0.4 is 0 Å². The van der Waals surface area contributed by atoms with Crippen LogP contribution in [-0.4, -0.2) is 51.3 Å². The van der Waals surface area contributed by atoms with E-state index in [1.165, 1.54) is 147 Å². The molecule has 3 unspecified atom stereocenters. The molecule has 3 rings (SSSR count). The molecule has 0 bridgehead atoms. The van der Waals surface area contributed by atoms with Crippen molar-refractivity contribution < 1.29 is 22.1 Å². The Bertz CT molecular complexity index is 1080. The molecule has 3 atom stereocenters. The van der Waals surface area contributed by atoms with Gasteiger partial charge in [-0.1, -0.05) is 165 Å². The van der Waals surface area contributed by atoms with Gasteiger partial charge in [-0.25, -0.2) is 4.18 Å². The zero-order valence-electron chi connectivity index (χ0n) is 31.3. The van der Waals surface area contributed by atoms with Crippen LogP contribution in [0.3, 0.4) is 0 Å². The molecule has 1 aromatic carbocycles. The largest absolute Gasteiger partial charge is 0.379 e. The average Bonchev–Trinajstić information content (AvgIpc) is 3.74. The molecule has 0 aliphatic carbocycles. The van der Waals surface area contributed by atoms with Gasteiger partial charge in [-0.3, -0.25) is 0 Å². The molecule has 1 fully saturated rings. The molecular weight excluding hydrogens is 651 g/mol. The Morgan fingerprint density at radius 3 is 1.92 bits per heavy atom. The lowest BCUT2D eigenvalue weighted by atomic mass is 9.97. The van der Waals surface area contributed by atoms with Crippen molar-refractivity contribution >= 4 is 21.9 Å². The highest BCUT2D eigenvalue weighted by Crippen LogP contribution is 2.30. The van der Waals surface area contributed by atoms with E-state index in [0.29, 0.717) is 6.10 Å². The van der Waals surface area contributed by atoms with Crippen LogP contribution in [0.1, 0.15) is 167 Å². The molecule has 2 heterocycles. The molecule has 2 aliphatic rings. The van der Waals surface area contributed by atoms with Crippen LogP contribution in [0.15, 0.2) is 40.8 Å². The second-order valence-electron chi connectivity index (χ2n) is 14.7. The van der Waals surface area contributed by atoms with Gasteiger partial charge in [0.15, 0.2) is 0 Å². The number of benzene rings is 1. The van der Waals surface area contributed by atoms with Gasteiger partial charge in [0, 0.05) is 26.0 Å². The van der Waals surface area contributed by atoms with Gasteiger partial charge in [0.1, 0.15) is 0 Å². The highest BCUT2D eigenvalue weighted by molar-refractivity contribution is 8.03. The predicted molar refractivity (Wildman–Crippen MR) is 207 cm³/mol. The van der Waals surface area contributed by atoms with E-state index in [1.54, 1.807) is 24.3 Å². The van der Waals surface area contributed by atoms with Gasteiger partial charge in [-0.15, -0.1) is 0 Å². The van der Waals surface area contributed by atoms with E-state index >= 15 is 0 Å². The SMILES string of the molecule is CCCCCCCCCCCCCCCCCCC1COC(COCCCCCCCCN2C=CSC2OS(=O)(=O)c2ccc(C)cc2)C1. The number of unbranched alkanes of at least 4 members (excludes halogenated alkanes) is 20. The van der Waals surface area contributed by atoms with Crippen LogP contribution in [0.4, 0.5) is 0 Å². The van der Waals surface area contributed by atoms with E-state index in [0.717, 1.165) is 57.1 Å². The third-order valence-corrected chi connectivity index (χ3v) is 12.4. The minimum atomic E-state index is -3.79. The molecule has 0 spiro atoms. The molecule has 0 N–H and O–H groups in total. The summed E-state index contributed by atoms with van der Waals surface area (Å²) < 4.78 is 42.9. The first kappa shape index (κ1) is 42.4. The molecule has 6 nitrogen and oxygen atoms in total. The van der Waals surface area contributed by atoms with E-state index in [1.807, 2.05) is 23.4 Å². The monoisotopic (exact) mass is 721 g/mol. The van der Waals surface area contributed by atoms with Crippen LogP contribution in [0.5, 0.6) is 0 Å². The summed E-state index contributed by atoms with van der Waals surface area (Å²) in [6.07, 6.45) is 34.4. The van der Waals surface area contributed by atoms with Crippen molar-refractivity contribution in [3.63, 3.8) is 0 Å². The number of rotatable bonds is 31. The maximum atomic E-state index is 12.7. The fourth-order valence-corrected chi connectivity index (χ4v) is 9.05. The highest BCUT2D eigenvalue weighted by atomic mass is 32.2. The summed E-state index contributed by atoms with van der Waals surface area (Å²) in [6.45, 7) is 7.53. The lowest BCUT2D eigenvalue weighted by Gasteiger charge is -2.24. The van der Waals surface area contributed by atoms with Gasteiger partial charge >= 0.3 is 0 Å². The average molecular weight is 722 g/mol. The lowest BCUT2D eigenvalue weighted by molar-refractivity contribution is 0.0153. The van der Waals surface area contributed by atoms with Gasteiger partial charge < -0.3 is 14.4 Å². The summed E-state index contributed by atoms with van der Waals surface area (Å²) in [5.74, 6) is 0.731. The molecule has 0 aromatic heterocycles. The number of nitrogens with zero attached hydrogens (tertiary/aromatic N) is 1. The molecule has 2 aliphatic heterocycles. The quantitative estimate of drug-likeness (QED) is 0.0558. The zero-order chi connectivity index (χ0) is 34.8. The first-order valence-corrected chi connectivity index (χ1v) is 22.6. The molecule has 282 valence electrons. The van der Waals surface area contributed by atoms with E-state index in [-0.39, 0.29) is 4.90 Å². The number of hydrogen-bond donors (Lipinski definition) is 0. The Kier molecular flexibility index (Phi) is 23.1. The predicted octanol–water partition coefficient (Wildman–Crippen LogP) is 11.9. The van der Waals surface area contributed by atoms with Crippen LogP contribution in [0, 0.1) is 12.8 Å². The van der Waals surface area contributed by atoms with Crippen LogP contribution in [-0.2, 0) is 23.8 Å². The lowest BCUT2D eigenvalue weighted by Crippen LogP contribution is -2.30. The van der Waals surface area contributed by atoms with Crippen molar-refractivity contribution in [2.75, 3.05) is 26.4 Å². The van der Waals surface area contributed by atoms with Crippen LogP contribution in [0.25, 0.3) is 0 Å². The Balaban J connectivity index is 1.05. The van der Waals surface area contributed by atoms with Crippen molar-refractivity contribution in [3.8, 4) is 0 Å². The summed E-state index contributed by atoms with van der Waals surface area (Å²) in [6, 6.07) is 6.80. The number of ether oxygens (including phenoxy) is 2. The molecule has 1 aromatic rings. The number of aryl methyl sites for hydroxylation is 1. The summed E-state index contributed by atoms with van der Waals surface area (Å²) in [4.78, 5) is 2.19. The summed E-state index contributed by atoms with van der Waals surface area (Å²) >= 11 is 1.40. The van der Waals surface area contributed by atoms with Crippen LogP contribution >= 0.6 is 11.8 Å². The number of hydrogen-bond acceptors (Lipinski definition) is 7. The topological polar surface area (TPSA) is 65.1 Å². The van der Waals surface area contributed by atoms with Gasteiger partial charge in [0.25, 0.3) is 10.1 Å². The Morgan fingerprint density at radius 2 is 1.31 bits per heavy atom. The van der Waals surface area contributed by atoms with E-state index in [9.17, 15) is 8.42 Å². The van der Waals surface area contributed by atoms with Crippen molar-refractivity contribution in [2.45, 2.75) is 185 Å². The second-order valence-corrected chi connectivity index (χ2v) is 17.2. The van der Waals surface area contributed by atoms with Gasteiger partial charge in [0.05, 0.1) is 17.6 Å². The van der Waals surface area contributed by atoms with Gasteiger partial charge in [0.2, 0.25) is 5.56 Å². The Labute approximate surface area is 306 Å². The van der Waals surface area contributed by atoms with E-state index < -0.39 is 15.7 Å². The standard InChI is InChI=1S/C41H71NO5S2/c1-3-4-5-6-7-8-9-10-11-12-13-14-15-16-19-22-25-38-34-39(46-35-38)36-45-32-24-21-18-17-20-23-30-42-31-33-48-41(42)47-49(43,44)40-28-26-37(2)27-29-40/h26-29,31,33,38-39,41H,3-25,30,32,34-36H2,1-2H3. The Morgan fingerprint density at radius 1 is 0.755 bits per heavy atom. The molecule has 0 saturated carbocycles. The minimum Gasteiger partial charge on any atom is -0.379 e. The van der Waals surface area contributed by atoms with Crippen molar-refractivity contribution in [1.29, 1.82) is 0 Å². The Hall–Kier alpha value is -1.06.